The SMILES string of the molecule is COc1ccc2ccc(N3C(=O)c4ccccc4C3OC(=O)N3CCN(C)CC3)nc2c1. The molecule has 1 aromatic heterocycles. The van der Waals surface area contributed by atoms with Gasteiger partial charge in [-0.25, -0.2) is 9.78 Å². The van der Waals surface area contributed by atoms with Crippen LogP contribution in [-0.4, -0.2) is 67.1 Å². The fourth-order valence-electron chi connectivity index (χ4n) is 4.13. The Balaban J connectivity index is 1.50. The Hall–Kier alpha value is -3.65. The van der Waals surface area contributed by atoms with Crippen molar-refractivity contribution in [1.82, 2.24) is 14.8 Å². The lowest BCUT2D eigenvalue weighted by molar-refractivity contribution is 0.0489. The Morgan fingerprint density at radius 2 is 1.78 bits per heavy atom. The first-order valence-corrected chi connectivity index (χ1v) is 10.6. The number of hydrogen-bond acceptors (Lipinski definition) is 6. The highest BCUT2D eigenvalue weighted by Crippen LogP contribution is 2.38. The number of benzene rings is 2. The number of carbonyl (C=O) groups is 2. The maximum atomic E-state index is 13.3. The number of ether oxygens (including phenoxy) is 2. The van der Waals surface area contributed by atoms with E-state index in [4.69, 9.17) is 14.5 Å². The molecule has 0 spiro atoms. The van der Waals surface area contributed by atoms with Gasteiger partial charge in [-0.2, -0.15) is 0 Å². The highest BCUT2D eigenvalue weighted by molar-refractivity contribution is 6.10. The van der Waals surface area contributed by atoms with Crippen LogP contribution >= 0.6 is 0 Å². The second kappa shape index (κ2) is 8.12. The minimum Gasteiger partial charge on any atom is -0.497 e. The van der Waals surface area contributed by atoms with Crippen molar-refractivity contribution >= 4 is 28.7 Å². The van der Waals surface area contributed by atoms with Gasteiger partial charge in [-0.1, -0.05) is 18.2 Å². The molecule has 8 nitrogen and oxygen atoms in total. The number of fused-ring (bicyclic) bond motifs is 2. The van der Waals surface area contributed by atoms with Crippen molar-refractivity contribution in [1.29, 1.82) is 0 Å². The maximum Gasteiger partial charge on any atom is 0.412 e. The van der Waals surface area contributed by atoms with Gasteiger partial charge in [-0.3, -0.25) is 9.69 Å². The molecule has 5 rings (SSSR count). The minimum atomic E-state index is -0.874. The van der Waals surface area contributed by atoms with Crippen LogP contribution in [0.1, 0.15) is 22.1 Å². The molecule has 0 radical (unpaired) electrons. The van der Waals surface area contributed by atoms with Crippen molar-refractivity contribution in [2.24, 2.45) is 0 Å². The van der Waals surface area contributed by atoms with E-state index in [1.165, 1.54) is 4.90 Å². The second-order valence-electron chi connectivity index (χ2n) is 8.02. The van der Waals surface area contributed by atoms with Crippen molar-refractivity contribution in [2.45, 2.75) is 6.23 Å². The summed E-state index contributed by atoms with van der Waals surface area (Å²) in [4.78, 5) is 36.3. The predicted molar refractivity (Wildman–Crippen MR) is 120 cm³/mol. The van der Waals surface area contributed by atoms with Gasteiger partial charge in [0.1, 0.15) is 11.6 Å². The standard InChI is InChI=1S/C24H24N4O4/c1-26-11-13-27(14-12-26)24(30)32-23-19-6-4-3-5-18(19)22(29)28(23)21-10-8-16-7-9-17(31-2)15-20(16)25-21/h3-10,15,23H,11-14H2,1-2H3. The molecule has 1 saturated heterocycles. The van der Waals surface area contributed by atoms with Gasteiger partial charge in [-0.15, -0.1) is 0 Å². The number of amides is 2. The number of likely N-dealkylation sites (N-methyl/N-ethyl adjacent to an activating group) is 1. The third-order valence-electron chi connectivity index (χ3n) is 6.02. The smallest absolute Gasteiger partial charge is 0.412 e. The lowest BCUT2D eigenvalue weighted by Crippen LogP contribution is -2.48. The van der Waals surface area contributed by atoms with Crippen LogP contribution in [0.4, 0.5) is 10.6 Å². The quantitative estimate of drug-likeness (QED) is 0.632. The van der Waals surface area contributed by atoms with Crippen LogP contribution in [0.25, 0.3) is 10.9 Å². The van der Waals surface area contributed by atoms with E-state index < -0.39 is 12.3 Å². The first-order valence-electron chi connectivity index (χ1n) is 10.6. The van der Waals surface area contributed by atoms with Gasteiger partial charge < -0.3 is 19.3 Å². The molecule has 2 aliphatic heterocycles. The molecule has 32 heavy (non-hydrogen) atoms. The van der Waals surface area contributed by atoms with Crippen molar-refractivity contribution in [3.63, 3.8) is 0 Å². The van der Waals surface area contributed by atoms with E-state index in [0.717, 1.165) is 18.5 Å². The van der Waals surface area contributed by atoms with Crippen molar-refractivity contribution in [2.75, 3.05) is 45.2 Å². The number of anilines is 1. The number of carbonyl (C=O) groups excluding carboxylic acids is 2. The van der Waals surface area contributed by atoms with Gasteiger partial charge in [0.2, 0.25) is 6.23 Å². The third-order valence-corrected chi connectivity index (χ3v) is 6.02. The van der Waals surface area contributed by atoms with Crippen LogP contribution in [0.5, 0.6) is 5.75 Å². The first-order chi connectivity index (χ1) is 15.5. The molecule has 0 saturated carbocycles. The number of hydrogen-bond donors (Lipinski definition) is 0. The zero-order valence-electron chi connectivity index (χ0n) is 18.0. The molecule has 0 bridgehead atoms. The number of pyridine rings is 1. The average molecular weight is 432 g/mol. The van der Waals surface area contributed by atoms with E-state index in [-0.39, 0.29) is 5.91 Å². The minimum absolute atomic E-state index is 0.244. The largest absolute Gasteiger partial charge is 0.497 e. The number of rotatable bonds is 3. The highest BCUT2D eigenvalue weighted by atomic mass is 16.6. The van der Waals surface area contributed by atoms with Crippen LogP contribution in [0.15, 0.2) is 54.6 Å². The maximum absolute atomic E-state index is 13.3. The molecule has 1 unspecified atom stereocenters. The molecular weight excluding hydrogens is 408 g/mol. The molecule has 3 aromatic rings. The average Bonchev–Trinajstić information content (AvgIpc) is 3.10. The summed E-state index contributed by atoms with van der Waals surface area (Å²) in [6, 6.07) is 16.5. The molecule has 3 heterocycles. The van der Waals surface area contributed by atoms with Gasteiger partial charge in [0.15, 0.2) is 0 Å². The molecule has 164 valence electrons. The summed E-state index contributed by atoms with van der Waals surface area (Å²) in [6.07, 6.45) is -1.30. The molecule has 1 fully saturated rings. The van der Waals surface area contributed by atoms with E-state index in [9.17, 15) is 9.59 Å². The molecule has 2 aromatic carbocycles. The van der Waals surface area contributed by atoms with Gasteiger partial charge in [0, 0.05) is 48.8 Å². The zero-order valence-corrected chi connectivity index (χ0v) is 18.0. The molecule has 2 amide bonds. The van der Waals surface area contributed by atoms with Crippen LogP contribution in [-0.2, 0) is 4.74 Å². The van der Waals surface area contributed by atoms with Gasteiger partial charge in [0.25, 0.3) is 5.91 Å². The van der Waals surface area contributed by atoms with Crippen LogP contribution in [0, 0.1) is 0 Å². The Morgan fingerprint density at radius 3 is 2.56 bits per heavy atom. The summed E-state index contributed by atoms with van der Waals surface area (Å²) in [6.45, 7) is 2.75. The van der Waals surface area contributed by atoms with Crippen LogP contribution in [0.3, 0.4) is 0 Å². The van der Waals surface area contributed by atoms with Gasteiger partial charge in [0.05, 0.1) is 12.6 Å². The number of aromatic nitrogens is 1. The Labute approximate surface area is 185 Å². The predicted octanol–water partition coefficient (Wildman–Crippen LogP) is 3.29. The van der Waals surface area contributed by atoms with E-state index in [2.05, 4.69) is 4.90 Å². The molecule has 0 aliphatic carbocycles. The number of piperazine rings is 1. The fraction of sp³-hybridized carbons (Fsp3) is 0.292. The van der Waals surface area contributed by atoms with E-state index in [1.807, 2.05) is 43.4 Å². The molecular formula is C24H24N4O4. The summed E-state index contributed by atoms with van der Waals surface area (Å²) in [5.74, 6) is 0.853. The normalized spacial score (nSPS) is 18.7. The van der Waals surface area contributed by atoms with E-state index in [1.54, 1.807) is 30.2 Å². The van der Waals surface area contributed by atoms with Gasteiger partial charge in [-0.05, 0) is 37.4 Å². The summed E-state index contributed by atoms with van der Waals surface area (Å²) in [5, 5.41) is 0.921. The van der Waals surface area contributed by atoms with Crippen molar-refractivity contribution in [3.05, 3.63) is 65.7 Å². The number of nitrogens with zero attached hydrogens (tertiary/aromatic N) is 4. The molecule has 2 aliphatic rings. The Morgan fingerprint density at radius 1 is 1.03 bits per heavy atom. The first kappa shape index (κ1) is 20.3. The third kappa shape index (κ3) is 3.52. The van der Waals surface area contributed by atoms with E-state index >= 15 is 0 Å². The summed E-state index contributed by atoms with van der Waals surface area (Å²) < 4.78 is 11.2. The molecule has 1 atom stereocenters. The Kier molecular flexibility index (Phi) is 5.14. The lowest BCUT2D eigenvalue weighted by atomic mass is 10.1. The van der Waals surface area contributed by atoms with Crippen molar-refractivity contribution < 1.29 is 19.1 Å². The van der Waals surface area contributed by atoms with Crippen LogP contribution < -0.4 is 9.64 Å². The Bertz CT molecular complexity index is 1190. The highest BCUT2D eigenvalue weighted by Gasteiger charge is 2.41. The van der Waals surface area contributed by atoms with E-state index in [0.29, 0.717) is 41.3 Å². The molecule has 0 N–H and O–H groups in total. The second-order valence-corrected chi connectivity index (χ2v) is 8.02. The summed E-state index contributed by atoms with van der Waals surface area (Å²) in [7, 11) is 3.62. The van der Waals surface area contributed by atoms with Gasteiger partial charge >= 0.3 is 6.09 Å². The number of methoxy groups -OCH3 is 1. The zero-order chi connectivity index (χ0) is 22.2. The summed E-state index contributed by atoms with van der Waals surface area (Å²) in [5.41, 5.74) is 1.86. The lowest BCUT2D eigenvalue weighted by Gasteiger charge is -2.33. The fourth-order valence-corrected chi connectivity index (χ4v) is 4.13. The molecule has 8 heteroatoms. The topological polar surface area (TPSA) is 75.2 Å². The van der Waals surface area contributed by atoms with Crippen molar-refractivity contribution in [3.8, 4) is 5.75 Å². The monoisotopic (exact) mass is 432 g/mol. The van der Waals surface area contributed by atoms with Crippen LogP contribution in [0.2, 0.25) is 0 Å². The summed E-state index contributed by atoms with van der Waals surface area (Å²) >= 11 is 0.